The second kappa shape index (κ2) is 4.69. The number of carbonyl (C=O) groups is 1. The molecule has 0 aromatic heterocycles. The molecule has 3 nitrogen and oxygen atoms in total. The third-order valence-corrected chi connectivity index (χ3v) is 5.12. The molecular weight excluding hydrogens is 216 g/mol. The smallest absolute Gasteiger partial charge is 0.146 e. The second-order valence-corrected chi connectivity index (χ2v) is 6.27. The van der Waals surface area contributed by atoms with Crippen molar-refractivity contribution < 1.29 is 14.3 Å². The van der Waals surface area contributed by atoms with E-state index in [0.717, 1.165) is 32.1 Å². The second-order valence-electron chi connectivity index (χ2n) is 6.27. The molecule has 3 heteroatoms. The zero-order valence-electron chi connectivity index (χ0n) is 11.3. The minimum absolute atomic E-state index is 0.124. The van der Waals surface area contributed by atoms with E-state index in [1.165, 1.54) is 6.42 Å². The quantitative estimate of drug-likeness (QED) is 0.711. The molecule has 0 unspecified atom stereocenters. The van der Waals surface area contributed by atoms with Gasteiger partial charge in [-0.15, -0.1) is 0 Å². The molecule has 0 spiro atoms. The van der Waals surface area contributed by atoms with Crippen LogP contribution in [0.25, 0.3) is 0 Å². The van der Waals surface area contributed by atoms with Crippen molar-refractivity contribution in [3.63, 3.8) is 0 Å². The van der Waals surface area contributed by atoms with Gasteiger partial charge in [0.2, 0.25) is 0 Å². The van der Waals surface area contributed by atoms with Crippen molar-refractivity contribution >= 4 is 5.78 Å². The van der Waals surface area contributed by atoms with Crippen LogP contribution in [0, 0.1) is 10.8 Å². The van der Waals surface area contributed by atoms with E-state index in [9.17, 15) is 4.79 Å². The summed E-state index contributed by atoms with van der Waals surface area (Å²) in [6.45, 7) is 4.99. The van der Waals surface area contributed by atoms with Crippen LogP contribution in [0.4, 0.5) is 0 Å². The van der Waals surface area contributed by atoms with Gasteiger partial charge in [-0.2, -0.15) is 0 Å². The van der Waals surface area contributed by atoms with Gasteiger partial charge in [-0.25, -0.2) is 0 Å². The molecule has 3 atom stereocenters. The van der Waals surface area contributed by atoms with E-state index in [4.69, 9.17) is 9.47 Å². The molecule has 98 valence electrons. The first kappa shape index (κ1) is 13.0. The summed E-state index contributed by atoms with van der Waals surface area (Å²) in [5, 5.41) is 0. The Kier molecular flexibility index (Phi) is 3.60. The van der Waals surface area contributed by atoms with E-state index in [1.807, 2.05) is 0 Å². The molecule has 0 heterocycles. The van der Waals surface area contributed by atoms with Crippen molar-refractivity contribution in [1.29, 1.82) is 0 Å². The normalized spacial score (nSPS) is 42.3. The molecule has 0 amide bonds. The van der Waals surface area contributed by atoms with Gasteiger partial charge in [0.1, 0.15) is 12.6 Å². The minimum Gasteiger partial charge on any atom is -0.359 e. The Morgan fingerprint density at radius 3 is 2.76 bits per heavy atom. The average Bonchev–Trinajstić information content (AvgIpc) is 2.28. The van der Waals surface area contributed by atoms with Crippen molar-refractivity contribution in [1.82, 2.24) is 0 Å². The standard InChI is InChI=1S/C14H24O3/c1-13-6-4-11(15)8-14(13,2)9-12(5-7-13)17-10-16-3/h12H,4-10H2,1-3H3/t12-,13+,14-/m0/s1. The third kappa shape index (κ3) is 2.41. The highest BCUT2D eigenvalue weighted by atomic mass is 16.7. The van der Waals surface area contributed by atoms with E-state index >= 15 is 0 Å². The monoisotopic (exact) mass is 240 g/mol. The summed E-state index contributed by atoms with van der Waals surface area (Å²) in [6.07, 6.45) is 6.09. The first-order chi connectivity index (χ1) is 7.99. The van der Waals surface area contributed by atoms with Crippen LogP contribution in [0.3, 0.4) is 0 Å². The molecule has 2 saturated carbocycles. The lowest BCUT2D eigenvalue weighted by Gasteiger charge is -2.54. The summed E-state index contributed by atoms with van der Waals surface area (Å²) in [7, 11) is 1.65. The lowest BCUT2D eigenvalue weighted by molar-refractivity contribution is -0.151. The van der Waals surface area contributed by atoms with Gasteiger partial charge in [0.05, 0.1) is 6.10 Å². The van der Waals surface area contributed by atoms with Gasteiger partial charge in [-0.1, -0.05) is 13.8 Å². The third-order valence-electron chi connectivity index (χ3n) is 5.12. The van der Waals surface area contributed by atoms with Crippen molar-refractivity contribution in [2.45, 2.75) is 58.5 Å². The van der Waals surface area contributed by atoms with Gasteiger partial charge < -0.3 is 9.47 Å². The maximum Gasteiger partial charge on any atom is 0.146 e. The number of fused-ring (bicyclic) bond motifs is 1. The maximum atomic E-state index is 11.7. The van der Waals surface area contributed by atoms with Gasteiger partial charge in [-0.3, -0.25) is 4.79 Å². The summed E-state index contributed by atoms with van der Waals surface area (Å²) in [5.41, 5.74) is 0.451. The van der Waals surface area contributed by atoms with Crippen LogP contribution in [0.5, 0.6) is 0 Å². The number of rotatable bonds is 3. The minimum atomic E-state index is 0.124. The maximum absolute atomic E-state index is 11.7. The lowest BCUT2D eigenvalue weighted by atomic mass is 9.51. The Morgan fingerprint density at radius 1 is 1.29 bits per heavy atom. The number of methoxy groups -OCH3 is 1. The number of hydrogen-bond donors (Lipinski definition) is 0. The molecule has 17 heavy (non-hydrogen) atoms. The molecule has 0 bridgehead atoms. The number of Topliss-reactive ketones (excluding diaryl/α,β-unsaturated/α-hetero) is 1. The van der Waals surface area contributed by atoms with E-state index in [0.29, 0.717) is 18.0 Å². The lowest BCUT2D eigenvalue weighted by Crippen LogP contribution is -2.49. The highest BCUT2D eigenvalue weighted by Crippen LogP contribution is 2.58. The Hall–Kier alpha value is -0.410. The molecule has 2 aliphatic carbocycles. The largest absolute Gasteiger partial charge is 0.359 e. The Labute approximate surface area is 104 Å². The number of ketones is 1. The van der Waals surface area contributed by atoms with Crippen molar-refractivity contribution in [2.24, 2.45) is 10.8 Å². The fraction of sp³-hybridized carbons (Fsp3) is 0.929. The zero-order chi connectivity index (χ0) is 12.5. The summed E-state index contributed by atoms with van der Waals surface area (Å²) >= 11 is 0. The number of ether oxygens (including phenoxy) is 2. The van der Waals surface area contributed by atoms with Crippen LogP contribution in [0.15, 0.2) is 0 Å². The fourth-order valence-corrected chi connectivity index (χ4v) is 3.59. The van der Waals surface area contributed by atoms with Crippen molar-refractivity contribution in [2.75, 3.05) is 13.9 Å². The van der Waals surface area contributed by atoms with E-state index in [1.54, 1.807) is 7.11 Å². The molecule has 2 fully saturated rings. The SMILES string of the molecule is COCO[C@H]1CC[C@@]2(C)CCC(=O)C[C@@]2(C)C1. The first-order valence-electron chi connectivity index (χ1n) is 6.61. The summed E-state index contributed by atoms with van der Waals surface area (Å²) in [5.74, 6) is 0.428. The van der Waals surface area contributed by atoms with Gasteiger partial charge in [0, 0.05) is 20.0 Å². The molecule has 0 aromatic rings. The van der Waals surface area contributed by atoms with Gasteiger partial charge in [0.25, 0.3) is 0 Å². The average molecular weight is 240 g/mol. The summed E-state index contributed by atoms with van der Waals surface area (Å²) < 4.78 is 10.7. The summed E-state index contributed by atoms with van der Waals surface area (Å²) in [4.78, 5) is 11.7. The first-order valence-corrected chi connectivity index (χ1v) is 6.61. The van der Waals surface area contributed by atoms with Crippen LogP contribution in [0.2, 0.25) is 0 Å². The van der Waals surface area contributed by atoms with Gasteiger partial charge in [0.15, 0.2) is 0 Å². The number of hydrogen-bond acceptors (Lipinski definition) is 3. The van der Waals surface area contributed by atoms with E-state index in [-0.39, 0.29) is 11.5 Å². The fourth-order valence-electron chi connectivity index (χ4n) is 3.59. The highest BCUT2D eigenvalue weighted by Gasteiger charge is 2.52. The Balaban J connectivity index is 2.06. The summed E-state index contributed by atoms with van der Waals surface area (Å²) in [6, 6.07) is 0. The van der Waals surface area contributed by atoms with Crippen LogP contribution in [-0.2, 0) is 14.3 Å². The van der Waals surface area contributed by atoms with Crippen LogP contribution in [0.1, 0.15) is 52.4 Å². The predicted molar refractivity (Wildman–Crippen MR) is 65.7 cm³/mol. The molecular formula is C14H24O3. The molecule has 2 rings (SSSR count). The molecule has 2 aliphatic rings. The van der Waals surface area contributed by atoms with Crippen LogP contribution >= 0.6 is 0 Å². The molecule has 0 saturated heterocycles. The van der Waals surface area contributed by atoms with E-state index in [2.05, 4.69) is 13.8 Å². The highest BCUT2D eigenvalue weighted by molar-refractivity contribution is 5.80. The molecule has 0 radical (unpaired) electrons. The number of carbonyl (C=O) groups excluding carboxylic acids is 1. The van der Waals surface area contributed by atoms with Gasteiger partial charge in [-0.05, 0) is 36.5 Å². The van der Waals surface area contributed by atoms with Gasteiger partial charge >= 0.3 is 0 Å². The zero-order valence-corrected chi connectivity index (χ0v) is 11.3. The molecule has 0 N–H and O–H groups in total. The predicted octanol–water partition coefficient (Wildman–Crippen LogP) is 2.93. The Bertz CT molecular complexity index is 302. The molecule has 0 aromatic carbocycles. The molecule has 0 aliphatic heterocycles. The Morgan fingerprint density at radius 2 is 2.06 bits per heavy atom. The van der Waals surface area contributed by atoms with Crippen LogP contribution < -0.4 is 0 Å². The topological polar surface area (TPSA) is 35.5 Å². The van der Waals surface area contributed by atoms with Crippen LogP contribution in [-0.4, -0.2) is 25.8 Å². The van der Waals surface area contributed by atoms with Crippen molar-refractivity contribution in [3.05, 3.63) is 0 Å². The van der Waals surface area contributed by atoms with E-state index < -0.39 is 0 Å². The van der Waals surface area contributed by atoms with Crippen molar-refractivity contribution in [3.8, 4) is 0 Å².